The minimum absolute atomic E-state index is 0.708. The van der Waals surface area contributed by atoms with Crippen LogP contribution < -0.4 is 10.6 Å². The zero-order chi connectivity index (χ0) is 13.1. The second-order valence-corrected chi connectivity index (χ2v) is 5.56. The Morgan fingerprint density at radius 1 is 1.11 bits per heavy atom. The molecule has 0 bridgehead atoms. The third-order valence-corrected chi connectivity index (χ3v) is 3.87. The van der Waals surface area contributed by atoms with Crippen molar-refractivity contribution >= 4 is 0 Å². The molecule has 0 aromatic carbocycles. The summed E-state index contributed by atoms with van der Waals surface area (Å²) in [5.41, 5.74) is 0. The molecule has 0 spiro atoms. The lowest BCUT2D eigenvalue weighted by Crippen LogP contribution is -2.42. The average Bonchev–Trinajstić information content (AvgIpc) is 2.41. The highest BCUT2D eigenvalue weighted by Crippen LogP contribution is 2.07. The molecule has 18 heavy (non-hydrogen) atoms. The average molecular weight is 255 g/mol. The molecule has 3 nitrogen and oxygen atoms in total. The van der Waals surface area contributed by atoms with E-state index in [0.29, 0.717) is 6.04 Å². The lowest BCUT2D eigenvalue weighted by molar-refractivity contribution is 0.236. The van der Waals surface area contributed by atoms with Gasteiger partial charge in [0.15, 0.2) is 0 Å². The highest BCUT2D eigenvalue weighted by atomic mass is 15.1. The van der Waals surface area contributed by atoms with Gasteiger partial charge in [0.05, 0.1) is 0 Å². The number of unbranched alkanes of at least 4 members (excludes halogenated alkanes) is 2. The number of rotatable bonds is 6. The Balaban J connectivity index is 2.33. The van der Waals surface area contributed by atoms with Crippen molar-refractivity contribution in [2.75, 3.05) is 32.8 Å². The number of hydrogen-bond acceptors (Lipinski definition) is 3. The number of nitrogens with one attached hydrogen (secondary N) is 2. The van der Waals surface area contributed by atoms with E-state index in [1.165, 1.54) is 64.6 Å². The SMILES string of the molecule is CCCCC1CCN(CCCC)CCCNCN1. The van der Waals surface area contributed by atoms with E-state index in [4.69, 9.17) is 0 Å². The van der Waals surface area contributed by atoms with Crippen molar-refractivity contribution in [2.45, 2.75) is 64.8 Å². The fraction of sp³-hybridized carbons (Fsp3) is 1.00. The van der Waals surface area contributed by atoms with Gasteiger partial charge in [0.1, 0.15) is 0 Å². The van der Waals surface area contributed by atoms with Crippen LogP contribution in [0.25, 0.3) is 0 Å². The number of nitrogens with zero attached hydrogens (tertiary/aromatic N) is 1. The van der Waals surface area contributed by atoms with Gasteiger partial charge in [-0.2, -0.15) is 0 Å². The summed E-state index contributed by atoms with van der Waals surface area (Å²) >= 11 is 0. The van der Waals surface area contributed by atoms with Crippen LogP contribution in [-0.2, 0) is 0 Å². The third-order valence-electron chi connectivity index (χ3n) is 3.87. The maximum Gasteiger partial charge on any atom is 0.0456 e. The smallest absolute Gasteiger partial charge is 0.0456 e. The van der Waals surface area contributed by atoms with Crippen LogP contribution in [0.2, 0.25) is 0 Å². The third kappa shape index (κ3) is 7.34. The fourth-order valence-electron chi connectivity index (χ4n) is 2.59. The molecule has 1 heterocycles. The minimum atomic E-state index is 0.708. The predicted octanol–water partition coefficient (Wildman–Crippen LogP) is 2.58. The summed E-state index contributed by atoms with van der Waals surface area (Å²) in [6.45, 7) is 10.5. The monoisotopic (exact) mass is 255 g/mol. The van der Waals surface area contributed by atoms with Crippen molar-refractivity contribution in [2.24, 2.45) is 0 Å². The Morgan fingerprint density at radius 3 is 2.72 bits per heavy atom. The summed E-state index contributed by atoms with van der Waals surface area (Å²) in [5.74, 6) is 0. The van der Waals surface area contributed by atoms with Gasteiger partial charge in [0.2, 0.25) is 0 Å². The van der Waals surface area contributed by atoms with E-state index in [1.807, 2.05) is 0 Å². The molecule has 108 valence electrons. The number of hydrogen-bond donors (Lipinski definition) is 2. The zero-order valence-electron chi connectivity index (χ0n) is 12.5. The van der Waals surface area contributed by atoms with Crippen LogP contribution in [0.5, 0.6) is 0 Å². The highest BCUT2D eigenvalue weighted by molar-refractivity contribution is 4.71. The van der Waals surface area contributed by atoms with Gasteiger partial charge in [0, 0.05) is 12.7 Å². The Labute approximate surface area is 114 Å². The van der Waals surface area contributed by atoms with E-state index in [1.54, 1.807) is 0 Å². The summed E-state index contributed by atoms with van der Waals surface area (Å²) in [7, 11) is 0. The van der Waals surface area contributed by atoms with E-state index in [-0.39, 0.29) is 0 Å². The normalized spacial score (nSPS) is 24.0. The highest BCUT2D eigenvalue weighted by Gasteiger charge is 2.12. The van der Waals surface area contributed by atoms with E-state index in [0.717, 1.165) is 13.2 Å². The Hall–Kier alpha value is -0.120. The second kappa shape index (κ2) is 10.8. The molecule has 0 radical (unpaired) electrons. The van der Waals surface area contributed by atoms with Crippen LogP contribution in [0.3, 0.4) is 0 Å². The molecule has 0 aromatic heterocycles. The van der Waals surface area contributed by atoms with Crippen molar-refractivity contribution in [3.05, 3.63) is 0 Å². The standard InChI is InChI=1S/C15H33N3/c1-3-5-8-15-9-13-18(11-6-4-2)12-7-10-16-14-17-15/h15-17H,3-14H2,1-2H3. The van der Waals surface area contributed by atoms with Crippen LogP contribution in [0.4, 0.5) is 0 Å². The van der Waals surface area contributed by atoms with Gasteiger partial charge in [-0.25, -0.2) is 0 Å². The molecule has 1 unspecified atom stereocenters. The van der Waals surface area contributed by atoms with E-state index >= 15 is 0 Å². The van der Waals surface area contributed by atoms with Crippen LogP contribution in [0.1, 0.15) is 58.8 Å². The molecule has 1 aliphatic rings. The molecule has 0 aliphatic carbocycles. The van der Waals surface area contributed by atoms with Crippen molar-refractivity contribution in [1.82, 2.24) is 15.5 Å². The first kappa shape index (κ1) is 15.9. The first-order valence-electron chi connectivity index (χ1n) is 8.03. The molecular formula is C15H33N3. The molecule has 1 saturated heterocycles. The predicted molar refractivity (Wildman–Crippen MR) is 79.9 cm³/mol. The summed E-state index contributed by atoms with van der Waals surface area (Å²) in [6.07, 6.45) is 9.25. The van der Waals surface area contributed by atoms with E-state index in [9.17, 15) is 0 Å². The maximum atomic E-state index is 3.66. The Morgan fingerprint density at radius 2 is 1.94 bits per heavy atom. The summed E-state index contributed by atoms with van der Waals surface area (Å²) in [4.78, 5) is 2.66. The van der Waals surface area contributed by atoms with Gasteiger partial charge < -0.3 is 15.5 Å². The van der Waals surface area contributed by atoms with Crippen LogP contribution in [0.15, 0.2) is 0 Å². The van der Waals surface area contributed by atoms with Gasteiger partial charge in [-0.1, -0.05) is 33.1 Å². The molecular weight excluding hydrogens is 222 g/mol. The first-order chi connectivity index (χ1) is 8.86. The van der Waals surface area contributed by atoms with Gasteiger partial charge in [0.25, 0.3) is 0 Å². The van der Waals surface area contributed by atoms with Crippen LogP contribution in [-0.4, -0.2) is 43.8 Å². The summed E-state index contributed by atoms with van der Waals surface area (Å²) < 4.78 is 0. The van der Waals surface area contributed by atoms with Crippen LogP contribution >= 0.6 is 0 Å². The molecule has 2 N–H and O–H groups in total. The molecule has 0 aromatic rings. The van der Waals surface area contributed by atoms with Gasteiger partial charge in [-0.05, 0) is 51.9 Å². The Bertz CT molecular complexity index is 165. The molecule has 1 rings (SSSR count). The quantitative estimate of drug-likeness (QED) is 0.764. The molecule has 3 heteroatoms. The van der Waals surface area contributed by atoms with Crippen LogP contribution in [0, 0.1) is 0 Å². The molecule has 0 amide bonds. The van der Waals surface area contributed by atoms with E-state index in [2.05, 4.69) is 29.4 Å². The van der Waals surface area contributed by atoms with E-state index < -0.39 is 0 Å². The van der Waals surface area contributed by atoms with Crippen molar-refractivity contribution < 1.29 is 0 Å². The first-order valence-corrected chi connectivity index (χ1v) is 8.03. The van der Waals surface area contributed by atoms with Crippen molar-refractivity contribution in [3.63, 3.8) is 0 Å². The molecule has 1 atom stereocenters. The molecule has 1 aliphatic heterocycles. The Kier molecular flexibility index (Phi) is 9.54. The topological polar surface area (TPSA) is 27.3 Å². The van der Waals surface area contributed by atoms with Gasteiger partial charge in [-0.15, -0.1) is 0 Å². The lowest BCUT2D eigenvalue weighted by Gasteiger charge is -2.27. The minimum Gasteiger partial charge on any atom is -0.304 e. The molecule has 0 saturated carbocycles. The maximum absolute atomic E-state index is 3.66. The van der Waals surface area contributed by atoms with Crippen molar-refractivity contribution in [3.8, 4) is 0 Å². The fourth-order valence-corrected chi connectivity index (χ4v) is 2.59. The second-order valence-electron chi connectivity index (χ2n) is 5.56. The zero-order valence-corrected chi connectivity index (χ0v) is 12.5. The van der Waals surface area contributed by atoms with Gasteiger partial charge >= 0.3 is 0 Å². The summed E-state index contributed by atoms with van der Waals surface area (Å²) in [6, 6.07) is 0.708. The van der Waals surface area contributed by atoms with Gasteiger partial charge in [-0.3, -0.25) is 0 Å². The lowest BCUT2D eigenvalue weighted by atomic mass is 10.1. The van der Waals surface area contributed by atoms with Crippen molar-refractivity contribution in [1.29, 1.82) is 0 Å². The largest absolute Gasteiger partial charge is 0.304 e. The molecule has 1 fully saturated rings. The summed E-state index contributed by atoms with van der Waals surface area (Å²) in [5, 5.41) is 7.16.